The molecule has 0 aliphatic carbocycles. The van der Waals surface area contributed by atoms with E-state index in [1.807, 2.05) is 12.1 Å². The van der Waals surface area contributed by atoms with E-state index in [4.69, 9.17) is 4.74 Å². The van der Waals surface area contributed by atoms with Crippen LogP contribution in [0.4, 0.5) is 10.1 Å². The Morgan fingerprint density at radius 1 is 1.07 bits per heavy atom. The molecule has 2 aromatic rings. The van der Waals surface area contributed by atoms with Crippen molar-refractivity contribution in [1.29, 1.82) is 0 Å². The van der Waals surface area contributed by atoms with Crippen LogP contribution in [0, 0.1) is 5.82 Å². The van der Waals surface area contributed by atoms with Gasteiger partial charge < -0.3 is 15.0 Å². The molecule has 1 aliphatic rings. The molecule has 1 saturated heterocycles. The SMILES string of the molecule is COc1ccc(N2CCN(CCCNC(=O)c3ccccc3F)CC2)cc1. The molecule has 1 amide bonds. The van der Waals surface area contributed by atoms with Crippen molar-refractivity contribution in [1.82, 2.24) is 10.2 Å². The van der Waals surface area contributed by atoms with E-state index in [9.17, 15) is 9.18 Å². The second kappa shape index (κ2) is 9.37. The van der Waals surface area contributed by atoms with E-state index >= 15 is 0 Å². The summed E-state index contributed by atoms with van der Waals surface area (Å²) in [6.07, 6.45) is 0.850. The zero-order valence-electron chi connectivity index (χ0n) is 15.7. The van der Waals surface area contributed by atoms with Crippen LogP contribution in [0.15, 0.2) is 48.5 Å². The summed E-state index contributed by atoms with van der Waals surface area (Å²) >= 11 is 0. The van der Waals surface area contributed by atoms with Crippen molar-refractivity contribution in [2.75, 3.05) is 51.3 Å². The molecule has 0 atom stereocenters. The van der Waals surface area contributed by atoms with Crippen LogP contribution in [-0.4, -0.2) is 57.2 Å². The van der Waals surface area contributed by atoms with Crippen molar-refractivity contribution in [2.24, 2.45) is 0 Å². The van der Waals surface area contributed by atoms with Gasteiger partial charge in [-0.1, -0.05) is 12.1 Å². The van der Waals surface area contributed by atoms with Crippen LogP contribution < -0.4 is 15.0 Å². The van der Waals surface area contributed by atoms with E-state index in [2.05, 4.69) is 27.2 Å². The fourth-order valence-electron chi connectivity index (χ4n) is 3.27. The van der Waals surface area contributed by atoms with Crippen molar-refractivity contribution in [3.8, 4) is 5.75 Å². The number of carbonyl (C=O) groups is 1. The molecule has 1 N–H and O–H groups in total. The average molecular weight is 371 g/mol. The standard InChI is InChI=1S/C21H26FN3O2/c1-27-18-9-7-17(8-10-18)25-15-13-24(14-16-25)12-4-11-23-21(26)19-5-2-3-6-20(19)22/h2-3,5-10H,4,11-16H2,1H3,(H,23,26). The predicted octanol–water partition coefficient (Wildman–Crippen LogP) is 2.78. The van der Waals surface area contributed by atoms with Gasteiger partial charge >= 0.3 is 0 Å². The number of halogens is 1. The molecule has 0 aromatic heterocycles. The van der Waals surface area contributed by atoms with Crippen molar-refractivity contribution in [3.05, 3.63) is 59.9 Å². The lowest BCUT2D eigenvalue weighted by molar-refractivity contribution is 0.0947. The van der Waals surface area contributed by atoms with Gasteiger partial charge in [0.15, 0.2) is 0 Å². The topological polar surface area (TPSA) is 44.8 Å². The number of benzene rings is 2. The number of methoxy groups -OCH3 is 1. The predicted molar refractivity (Wildman–Crippen MR) is 105 cm³/mol. The highest BCUT2D eigenvalue weighted by Crippen LogP contribution is 2.20. The maximum absolute atomic E-state index is 13.6. The summed E-state index contributed by atoms with van der Waals surface area (Å²) in [6, 6.07) is 14.2. The number of hydrogen-bond donors (Lipinski definition) is 1. The van der Waals surface area contributed by atoms with Crippen molar-refractivity contribution in [2.45, 2.75) is 6.42 Å². The second-order valence-corrected chi connectivity index (χ2v) is 6.62. The number of rotatable bonds is 7. The van der Waals surface area contributed by atoms with Gasteiger partial charge in [0.25, 0.3) is 5.91 Å². The molecule has 0 saturated carbocycles. The highest BCUT2D eigenvalue weighted by molar-refractivity contribution is 5.94. The summed E-state index contributed by atoms with van der Waals surface area (Å²) in [4.78, 5) is 16.8. The van der Waals surface area contributed by atoms with E-state index in [0.29, 0.717) is 6.54 Å². The summed E-state index contributed by atoms with van der Waals surface area (Å²) in [5.41, 5.74) is 1.32. The van der Waals surface area contributed by atoms with Crippen LogP contribution in [0.5, 0.6) is 5.75 Å². The third kappa shape index (κ3) is 5.20. The van der Waals surface area contributed by atoms with Crippen LogP contribution in [-0.2, 0) is 0 Å². The number of nitrogens with zero attached hydrogens (tertiary/aromatic N) is 2. The molecule has 3 rings (SSSR count). The summed E-state index contributed by atoms with van der Waals surface area (Å²) in [5, 5.41) is 2.80. The Morgan fingerprint density at radius 3 is 2.44 bits per heavy atom. The van der Waals surface area contributed by atoms with Gasteiger partial charge in [-0.05, 0) is 49.4 Å². The third-order valence-electron chi connectivity index (χ3n) is 4.87. The molecule has 27 heavy (non-hydrogen) atoms. The Morgan fingerprint density at radius 2 is 1.78 bits per heavy atom. The molecule has 0 radical (unpaired) electrons. The Balaban J connectivity index is 1.36. The van der Waals surface area contributed by atoms with E-state index in [0.717, 1.165) is 44.9 Å². The molecule has 6 heteroatoms. The van der Waals surface area contributed by atoms with E-state index in [1.165, 1.54) is 17.8 Å². The lowest BCUT2D eigenvalue weighted by atomic mass is 10.2. The summed E-state index contributed by atoms with van der Waals surface area (Å²) < 4.78 is 18.8. The molecule has 1 heterocycles. The molecular formula is C21H26FN3O2. The van der Waals surface area contributed by atoms with Gasteiger partial charge in [-0.3, -0.25) is 9.69 Å². The van der Waals surface area contributed by atoms with Crippen molar-refractivity contribution >= 4 is 11.6 Å². The van der Waals surface area contributed by atoms with Gasteiger partial charge in [0.05, 0.1) is 12.7 Å². The van der Waals surface area contributed by atoms with Crippen LogP contribution >= 0.6 is 0 Å². The zero-order chi connectivity index (χ0) is 19.1. The Bertz CT molecular complexity index is 743. The molecular weight excluding hydrogens is 345 g/mol. The lowest BCUT2D eigenvalue weighted by Gasteiger charge is -2.36. The van der Waals surface area contributed by atoms with E-state index in [-0.39, 0.29) is 11.5 Å². The minimum atomic E-state index is -0.482. The maximum atomic E-state index is 13.6. The minimum Gasteiger partial charge on any atom is -0.497 e. The van der Waals surface area contributed by atoms with E-state index in [1.54, 1.807) is 19.2 Å². The van der Waals surface area contributed by atoms with Gasteiger partial charge in [0.1, 0.15) is 11.6 Å². The summed E-state index contributed by atoms with van der Waals surface area (Å²) in [7, 11) is 1.67. The number of piperazine rings is 1. The Labute approximate surface area is 159 Å². The number of hydrogen-bond acceptors (Lipinski definition) is 4. The van der Waals surface area contributed by atoms with Crippen molar-refractivity contribution in [3.63, 3.8) is 0 Å². The van der Waals surface area contributed by atoms with Gasteiger partial charge in [-0.25, -0.2) is 4.39 Å². The number of anilines is 1. The van der Waals surface area contributed by atoms with E-state index < -0.39 is 5.82 Å². The first-order valence-corrected chi connectivity index (χ1v) is 9.31. The fourth-order valence-corrected chi connectivity index (χ4v) is 3.27. The summed E-state index contributed by atoms with van der Waals surface area (Å²) in [6.45, 7) is 5.42. The quantitative estimate of drug-likeness (QED) is 0.761. The van der Waals surface area contributed by atoms with Crippen LogP contribution in [0.2, 0.25) is 0 Å². The average Bonchev–Trinajstić information content (AvgIpc) is 2.72. The normalized spacial score (nSPS) is 14.8. The molecule has 1 fully saturated rings. The largest absolute Gasteiger partial charge is 0.497 e. The van der Waals surface area contributed by atoms with Crippen molar-refractivity contribution < 1.29 is 13.9 Å². The Kier molecular flexibility index (Phi) is 6.65. The first-order chi connectivity index (χ1) is 13.2. The monoisotopic (exact) mass is 371 g/mol. The molecule has 0 spiro atoms. The van der Waals surface area contributed by atoms with Crippen LogP contribution in [0.3, 0.4) is 0 Å². The molecule has 2 aromatic carbocycles. The van der Waals surface area contributed by atoms with Gasteiger partial charge in [0, 0.05) is 38.4 Å². The molecule has 0 unspecified atom stereocenters. The maximum Gasteiger partial charge on any atom is 0.254 e. The number of nitrogens with one attached hydrogen (secondary N) is 1. The smallest absolute Gasteiger partial charge is 0.254 e. The fraction of sp³-hybridized carbons (Fsp3) is 0.381. The number of ether oxygens (including phenoxy) is 1. The zero-order valence-corrected chi connectivity index (χ0v) is 15.7. The Hall–Kier alpha value is -2.60. The summed E-state index contributed by atoms with van der Waals surface area (Å²) in [5.74, 6) is 0.0388. The lowest BCUT2D eigenvalue weighted by Crippen LogP contribution is -2.47. The molecule has 0 bridgehead atoms. The molecule has 5 nitrogen and oxygen atoms in total. The van der Waals surface area contributed by atoms with Gasteiger partial charge in [-0.2, -0.15) is 0 Å². The third-order valence-corrected chi connectivity index (χ3v) is 4.87. The molecule has 1 aliphatic heterocycles. The van der Waals surface area contributed by atoms with Crippen LogP contribution in [0.25, 0.3) is 0 Å². The first kappa shape index (κ1) is 19.2. The van der Waals surface area contributed by atoms with Gasteiger partial charge in [-0.15, -0.1) is 0 Å². The highest BCUT2D eigenvalue weighted by Gasteiger charge is 2.17. The van der Waals surface area contributed by atoms with Crippen LogP contribution in [0.1, 0.15) is 16.8 Å². The minimum absolute atomic E-state index is 0.102. The van der Waals surface area contributed by atoms with Gasteiger partial charge in [0.2, 0.25) is 0 Å². The molecule has 144 valence electrons. The number of amides is 1. The first-order valence-electron chi connectivity index (χ1n) is 9.31. The number of carbonyl (C=O) groups excluding carboxylic acids is 1. The highest BCUT2D eigenvalue weighted by atomic mass is 19.1. The second-order valence-electron chi connectivity index (χ2n) is 6.62.